The van der Waals surface area contributed by atoms with Crippen LogP contribution in [-0.4, -0.2) is 6.54 Å². The molecule has 1 saturated carbocycles. The summed E-state index contributed by atoms with van der Waals surface area (Å²) in [5, 5.41) is 3.76. The number of hydrogen-bond acceptors (Lipinski definition) is 2. The summed E-state index contributed by atoms with van der Waals surface area (Å²) in [5.41, 5.74) is 0. The summed E-state index contributed by atoms with van der Waals surface area (Å²) in [6.45, 7) is 5.66. The molecule has 0 bridgehead atoms. The predicted molar refractivity (Wildman–Crippen MR) is 85.9 cm³/mol. The van der Waals surface area contributed by atoms with Gasteiger partial charge in [0.25, 0.3) is 0 Å². The second-order valence-corrected chi connectivity index (χ2v) is 7.09. The summed E-state index contributed by atoms with van der Waals surface area (Å²) < 4.78 is 0. The van der Waals surface area contributed by atoms with E-state index in [9.17, 15) is 0 Å². The molecule has 0 amide bonds. The van der Waals surface area contributed by atoms with E-state index in [2.05, 4.69) is 31.3 Å². The average Bonchev–Trinajstić information content (AvgIpc) is 3.09. The van der Waals surface area contributed by atoms with E-state index in [1.165, 1.54) is 56.2 Å². The Morgan fingerprint density at radius 1 is 1.26 bits per heavy atom. The van der Waals surface area contributed by atoms with Crippen molar-refractivity contribution in [3.05, 3.63) is 21.9 Å². The van der Waals surface area contributed by atoms with Crippen LogP contribution < -0.4 is 5.32 Å². The van der Waals surface area contributed by atoms with Gasteiger partial charge in [0.2, 0.25) is 0 Å². The Kier molecular flexibility index (Phi) is 6.39. The van der Waals surface area contributed by atoms with Crippen LogP contribution in [0.25, 0.3) is 0 Å². The van der Waals surface area contributed by atoms with Crippen LogP contribution in [0.1, 0.15) is 74.6 Å². The molecule has 0 saturated heterocycles. The van der Waals surface area contributed by atoms with Crippen LogP contribution in [0.3, 0.4) is 0 Å². The van der Waals surface area contributed by atoms with Crippen molar-refractivity contribution in [3.8, 4) is 0 Å². The highest BCUT2D eigenvalue weighted by molar-refractivity contribution is 7.12. The van der Waals surface area contributed by atoms with Crippen LogP contribution in [-0.2, 0) is 6.42 Å². The largest absolute Gasteiger partial charge is 0.309 e. The van der Waals surface area contributed by atoms with Crippen LogP contribution in [0.15, 0.2) is 12.1 Å². The van der Waals surface area contributed by atoms with Gasteiger partial charge in [-0.2, -0.15) is 0 Å². The summed E-state index contributed by atoms with van der Waals surface area (Å²) in [6, 6.07) is 5.27. The normalized spacial score (nSPS) is 18.0. The van der Waals surface area contributed by atoms with E-state index in [4.69, 9.17) is 0 Å². The molecule has 1 aliphatic carbocycles. The fourth-order valence-electron chi connectivity index (χ4n) is 3.14. The lowest BCUT2D eigenvalue weighted by Gasteiger charge is -2.19. The molecule has 0 spiro atoms. The van der Waals surface area contributed by atoms with E-state index in [1.54, 1.807) is 4.88 Å². The molecule has 2 rings (SSSR count). The zero-order valence-corrected chi connectivity index (χ0v) is 13.4. The Morgan fingerprint density at radius 2 is 2.05 bits per heavy atom. The van der Waals surface area contributed by atoms with Gasteiger partial charge < -0.3 is 5.32 Å². The van der Waals surface area contributed by atoms with Crippen LogP contribution >= 0.6 is 11.3 Å². The van der Waals surface area contributed by atoms with E-state index in [-0.39, 0.29) is 0 Å². The molecule has 0 radical (unpaired) electrons. The van der Waals surface area contributed by atoms with Crippen molar-refractivity contribution in [1.82, 2.24) is 5.32 Å². The van der Waals surface area contributed by atoms with Gasteiger partial charge in [0, 0.05) is 15.8 Å². The first-order chi connectivity index (χ1) is 9.33. The molecule has 1 N–H and O–H groups in total. The van der Waals surface area contributed by atoms with Crippen molar-refractivity contribution >= 4 is 11.3 Å². The molecule has 1 atom stereocenters. The van der Waals surface area contributed by atoms with Gasteiger partial charge >= 0.3 is 0 Å². The molecule has 0 aromatic carbocycles. The van der Waals surface area contributed by atoms with Crippen molar-refractivity contribution in [2.75, 3.05) is 6.54 Å². The number of aryl methyl sites for hydroxylation is 1. The van der Waals surface area contributed by atoms with Gasteiger partial charge in [-0.1, -0.05) is 39.5 Å². The van der Waals surface area contributed by atoms with E-state index in [0.717, 1.165) is 12.5 Å². The maximum atomic E-state index is 3.76. The summed E-state index contributed by atoms with van der Waals surface area (Å²) in [4.78, 5) is 3.09. The van der Waals surface area contributed by atoms with E-state index < -0.39 is 0 Å². The molecule has 108 valence electrons. The van der Waals surface area contributed by atoms with Crippen LogP contribution in [0.2, 0.25) is 0 Å². The maximum absolute atomic E-state index is 3.76. The number of thiophene rings is 1. The zero-order chi connectivity index (χ0) is 13.5. The van der Waals surface area contributed by atoms with Crippen LogP contribution in [0.4, 0.5) is 0 Å². The van der Waals surface area contributed by atoms with Crippen molar-refractivity contribution < 1.29 is 0 Å². The molecular weight excluding hydrogens is 250 g/mol. The third-order valence-corrected chi connectivity index (χ3v) is 5.70. The standard InChI is InChI=1S/C17H29NS/c1-3-13-18-16(11-9-14-7-5-6-8-14)17-12-10-15(4-2)19-17/h10,12,14,16,18H,3-9,11,13H2,1-2H3. The van der Waals surface area contributed by atoms with E-state index >= 15 is 0 Å². The van der Waals surface area contributed by atoms with Crippen molar-refractivity contribution in [3.63, 3.8) is 0 Å². The minimum Gasteiger partial charge on any atom is -0.309 e. The fourth-order valence-corrected chi connectivity index (χ4v) is 4.20. The second-order valence-electron chi connectivity index (χ2n) is 5.89. The fraction of sp³-hybridized carbons (Fsp3) is 0.765. The maximum Gasteiger partial charge on any atom is 0.0414 e. The molecule has 1 aromatic rings. The molecule has 2 heteroatoms. The molecule has 1 heterocycles. The summed E-state index contributed by atoms with van der Waals surface area (Å²) in [7, 11) is 0. The molecule has 1 fully saturated rings. The zero-order valence-electron chi connectivity index (χ0n) is 12.6. The lowest BCUT2D eigenvalue weighted by Crippen LogP contribution is -2.21. The van der Waals surface area contributed by atoms with Gasteiger partial charge in [-0.3, -0.25) is 0 Å². The lowest BCUT2D eigenvalue weighted by molar-refractivity contribution is 0.415. The summed E-state index contributed by atoms with van der Waals surface area (Å²) in [5.74, 6) is 1.01. The Bertz CT molecular complexity index is 352. The molecule has 1 nitrogen and oxygen atoms in total. The van der Waals surface area contributed by atoms with E-state index in [0.29, 0.717) is 6.04 Å². The Labute approximate surface area is 122 Å². The average molecular weight is 279 g/mol. The van der Waals surface area contributed by atoms with Gasteiger partial charge in [0.1, 0.15) is 0 Å². The quantitative estimate of drug-likeness (QED) is 0.679. The number of hydrogen-bond donors (Lipinski definition) is 1. The smallest absolute Gasteiger partial charge is 0.0414 e. The van der Waals surface area contributed by atoms with Crippen molar-refractivity contribution in [1.29, 1.82) is 0 Å². The van der Waals surface area contributed by atoms with Gasteiger partial charge in [0.05, 0.1) is 0 Å². The monoisotopic (exact) mass is 279 g/mol. The second kappa shape index (κ2) is 8.06. The van der Waals surface area contributed by atoms with Crippen molar-refractivity contribution in [2.24, 2.45) is 5.92 Å². The highest BCUT2D eigenvalue weighted by Gasteiger charge is 2.19. The molecular formula is C17H29NS. The van der Waals surface area contributed by atoms with Gasteiger partial charge in [-0.05, 0) is 50.3 Å². The lowest BCUT2D eigenvalue weighted by atomic mass is 9.98. The molecule has 0 aliphatic heterocycles. The van der Waals surface area contributed by atoms with Gasteiger partial charge in [-0.25, -0.2) is 0 Å². The first-order valence-corrected chi connectivity index (χ1v) is 8.97. The first kappa shape index (κ1) is 15.1. The SMILES string of the molecule is CCCNC(CCC1CCCC1)c1ccc(CC)s1. The Hall–Kier alpha value is -0.340. The minimum absolute atomic E-state index is 0.603. The Morgan fingerprint density at radius 3 is 2.68 bits per heavy atom. The summed E-state index contributed by atoms with van der Waals surface area (Å²) >= 11 is 2.01. The summed E-state index contributed by atoms with van der Waals surface area (Å²) in [6.07, 6.45) is 11.0. The Balaban J connectivity index is 1.89. The van der Waals surface area contributed by atoms with E-state index in [1.807, 2.05) is 11.3 Å². The molecule has 1 aromatic heterocycles. The molecule has 1 aliphatic rings. The van der Waals surface area contributed by atoms with Crippen LogP contribution in [0, 0.1) is 5.92 Å². The predicted octanol–water partition coefficient (Wildman–Crippen LogP) is 5.32. The third kappa shape index (κ3) is 4.61. The topological polar surface area (TPSA) is 12.0 Å². The first-order valence-electron chi connectivity index (χ1n) is 8.15. The third-order valence-electron chi connectivity index (χ3n) is 4.35. The molecule has 19 heavy (non-hydrogen) atoms. The van der Waals surface area contributed by atoms with Crippen LogP contribution in [0.5, 0.6) is 0 Å². The van der Waals surface area contributed by atoms with Crippen molar-refractivity contribution in [2.45, 2.75) is 71.3 Å². The number of rotatable bonds is 8. The number of nitrogens with one attached hydrogen (secondary N) is 1. The van der Waals surface area contributed by atoms with Gasteiger partial charge in [0.15, 0.2) is 0 Å². The van der Waals surface area contributed by atoms with Gasteiger partial charge in [-0.15, -0.1) is 11.3 Å². The highest BCUT2D eigenvalue weighted by Crippen LogP contribution is 2.33. The minimum atomic E-state index is 0.603. The molecule has 1 unspecified atom stereocenters. The highest BCUT2D eigenvalue weighted by atomic mass is 32.1.